The van der Waals surface area contributed by atoms with Crippen molar-refractivity contribution < 1.29 is 18.7 Å². The number of aliphatic hydroxyl groups is 1. The van der Waals surface area contributed by atoms with Gasteiger partial charge in [-0.15, -0.1) is 0 Å². The Morgan fingerprint density at radius 2 is 2.10 bits per heavy atom. The predicted molar refractivity (Wildman–Crippen MR) is 74.7 cm³/mol. The maximum absolute atomic E-state index is 13.2. The van der Waals surface area contributed by atoms with E-state index in [2.05, 4.69) is 5.32 Å². The van der Waals surface area contributed by atoms with E-state index in [9.17, 15) is 18.7 Å². The Kier molecular flexibility index (Phi) is 4.77. The molecule has 4 nitrogen and oxygen atoms in total. The SMILES string of the molecule is CC(NC(=O)N(C)CC(O)C1CC1)c1ccc(F)c(F)c1. The third-order valence-corrected chi connectivity index (χ3v) is 3.76. The number of carbonyl (C=O) groups excluding carboxylic acids is 1. The average molecular weight is 298 g/mol. The number of hydrogen-bond acceptors (Lipinski definition) is 2. The van der Waals surface area contributed by atoms with Gasteiger partial charge in [0.2, 0.25) is 0 Å². The van der Waals surface area contributed by atoms with Crippen molar-refractivity contribution in [3.63, 3.8) is 0 Å². The van der Waals surface area contributed by atoms with Crippen LogP contribution in [0.25, 0.3) is 0 Å². The lowest BCUT2D eigenvalue weighted by molar-refractivity contribution is 0.113. The minimum Gasteiger partial charge on any atom is -0.391 e. The number of likely N-dealkylation sites (N-methyl/N-ethyl adjacent to an activating group) is 1. The quantitative estimate of drug-likeness (QED) is 0.877. The lowest BCUT2D eigenvalue weighted by Gasteiger charge is -2.23. The first-order valence-corrected chi connectivity index (χ1v) is 7.03. The van der Waals surface area contributed by atoms with Crippen LogP contribution in [-0.4, -0.2) is 35.7 Å². The van der Waals surface area contributed by atoms with Crippen molar-refractivity contribution in [1.29, 1.82) is 0 Å². The number of urea groups is 1. The molecule has 1 aliphatic carbocycles. The van der Waals surface area contributed by atoms with E-state index in [1.807, 2.05) is 0 Å². The average Bonchev–Trinajstić information content (AvgIpc) is 3.25. The molecule has 1 aliphatic rings. The molecule has 1 aromatic carbocycles. The van der Waals surface area contributed by atoms with E-state index in [1.165, 1.54) is 11.0 Å². The zero-order valence-corrected chi connectivity index (χ0v) is 12.1. The summed E-state index contributed by atoms with van der Waals surface area (Å²) in [5.74, 6) is -1.56. The van der Waals surface area contributed by atoms with Crippen LogP contribution in [0.2, 0.25) is 0 Å². The normalized spacial score (nSPS) is 17.2. The van der Waals surface area contributed by atoms with E-state index in [-0.39, 0.29) is 12.6 Å². The molecule has 1 fully saturated rings. The van der Waals surface area contributed by atoms with Gasteiger partial charge in [-0.3, -0.25) is 0 Å². The predicted octanol–water partition coefficient (Wildman–Crippen LogP) is 2.44. The van der Waals surface area contributed by atoms with Crippen LogP contribution in [0.4, 0.5) is 13.6 Å². The second kappa shape index (κ2) is 6.39. The van der Waals surface area contributed by atoms with E-state index in [4.69, 9.17) is 0 Å². The first kappa shape index (κ1) is 15.7. The molecule has 2 amide bonds. The van der Waals surface area contributed by atoms with Crippen LogP contribution in [0, 0.1) is 17.6 Å². The molecule has 0 radical (unpaired) electrons. The van der Waals surface area contributed by atoms with Gasteiger partial charge in [0.1, 0.15) is 0 Å². The molecular weight excluding hydrogens is 278 g/mol. The molecule has 0 spiro atoms. The summed E-state index contributed by atoms with van der Waals surface area (Å²) in [6.07, 6.45) is 1.50. The van der Waals surface area contributed by atoms with E-state index in [0.29, 0.717) is 11.5 Å². The molecule has 1 aromatic rings. The van der Waals surface area contributed by atoms with Crippen LogP contribution in [-0.2, 0) is 0 Å². The van der Waals surface area contributed by atoms with Gasteiger partial charge in [-0.25, -0.2) is 13.6 Å². The molecule has 1 saturated carbocycles. The number of rotatable bonds is 5. The highest BCUT2D eigenvalue weighted by Crippen LogP contribution is 2.32. The summed E-state index contributed by atoms with van der Waals surface area (Å²) in [5.41, 5.74) is 0.485. The molecule has 2 atom stereocenters. The highest BCUT2D eigenvalue weighted by molar-refractivity contribution is 5.74. The molecule has 6 heteroatoms. The Balaban J connectivity index is 1.89. The van der Waals surface area contributed by atoms with Gasteiger partial charge in [-0.05, 0) is 43.4 Å². The number of nitrogens with one attached hydrogen (secondary N) is 1. The molecule has 0 bridgehead atoms. The van der Waals surface area contributed by atoms with Crippen molar-refractivity contribution in [2.45, 2.75) is 31.9 Å². The van der Waals surface area contributed by atoms with Crippen molar-refractivity contribution in [1.82, 2.24) is 10.2 Å². The topological polar surface area (TPSA) is 52.6 Å². The number of hydrogen-bond donors (Lipinski definition) is 2. The van der Waals surface area contributed by atoms with Crippen LogP contribution >= 0.6 is 0 Å². The molecule has 2 unspecified atom stereocenters. The summed E-state index contributed by atoms with van der Waals surface area (Å²) in [7, 11) is 1.60. The molecule has 0 aliphatic heterocycles. The summed E-state index contributed by atoms with van der Waals surface area (Å²) >= 11 is 0. The van der Waals surface area contributed by atoms with Gasteiger partial charge in [0.25, 0.3) is 0 Å². The minimum atomic E-state index is -0.939. The zero-order chi connectivity index (χ0) is 15.6. The van der Waals surface area contributed by atoms with Crippen LogP contribution in [0.5, 0.6) is 0 Å². The maximum atomic E-state index is 13.2. The number of carbonyl (C=O) groups is 1. The van der Waals surface area contributed by atoms with Gasteiger partial charge >= 0.3 is 6.03 Å². The highest BCUT2D eigenvalue weighted by Gasteiger charge is 2.31. The Labute approximate surface area is 122 Å². The van der Waals surface area contributed by atoms with E-state index in [1.54, 1.807) is 14.0 Å². The summed E-state index contributed by atoms with van der Waals surface area (Å²) in [6, 6.07) is 2.73. The molecule has 0 aromatic heterocycles. The Morgan fingerprint density at radius 3 is 2.67 bits per heavy atom. The van der Waals surface area contributed by atoms with E-state index < -0.39 is 23.8 Å². The first-order valence-electron chi connectivity index (χ1n) is 7.03. The van der Waals surface area contributed by atoms with Crippen LogP contribution in [0.15, 0.2) is 18.2 Å². The van der Waals surface area contributed by atoms with E-state index in [0.717, 1.165) is 25.0 Å². The number of aliphatic hydroxyl groups excluding tert-OH is 1. The largest absolute Gasteiger partial charge is 0.391 e. The standard InChI is InChI=1S/C15H20F2N2O2/c1-9(11-5-6-12(16)13(17)7-11)18-15(21)19(2)8-14(20)10-3-4-10/h5-7,9-10,14,20H,3-4,8H2,1-2H3,(H,18,21). The van der Waals surface area contributed by atoms with Crippen LogP contribution < -0.4 is 5.32 Å². The van der Waals surface area contributed by atoms with Gasteiger partial charge < -0.3 is 15.3 Å². The van der Waals surface area contributed by atoms with Gasteiger partial charge in [0.15, 0.2) is 11.6 Å². The third kappa shape index (κ3) is 4.14. The fourth-order valence-electron chi connectivity index (χ4n) is 2.15. The summed E-state index contributed by atoms with van der Waals surface area (Å²) in [5, 5.41) is 12.5. The Bertz CT molecular complexity index is 520. The van der Waals surface area contributed by atoms with Gasteiger partial charge in [0.05, 0.1) is 12.1 Å². The monoisotopic (exact) mass is 298 g/mol. The highest BCUT2D eigenvalue weighted by atomic mass is 19.2. The van der Waals surface area contributed by atoms with Crippen molar-refractivity contribution in [2.75, 3.05) is 13.6 Å². The molecule has 2 rings (SSSR count). The first-order chi connectivity index (χ1) is 9.88. The van der Waals surface area contributed by atoms with Crippen molar-refractivity contribution in [3.05, 3.63) is 35.4 Å². The number of benzene rings is 1. The molecule has 21 heavy (non-hydrogen) atoms. The minimum absolute atomic E-state index is 0.265. The molecule has 0 saturated heterocycles. The Hall–Kier alpha value is -1.69. The Morgan fingerprint density at radius 1 is 1.43 bits per heavy atom. The summed E-state index contributed by atoms with van der Waals surface area (Å²) in [4.78, 5) is 13.4. The fourth-order valence-corrected chi connectivity index (χ4v) is 2.15. The number of nitrogens with zero attached hydrogens (tertiary/aromatic N) is 1. The third-order valence-electron chi connectivity index (χ3n) is 3.76. The second-order valence-electron chi connectivity index (χ2n) is 5.63. The molecule has 116 valence electrons. The summed E-state index contributed by atoms with van der Waals surface area (Å²) < 4.78 is 26.1. The van der Waals surface area contributed by atoms with Crippen molar-refractivity contribution >= 4 is 6.03 Å². The fraction of sp³-hybridized carbons (Fsp3) is 0.533. The van der Waals surface area contributed by atoms with Gasteiger partial charge in [-0.1, -0.05) is 6.07 Å². The number of halogens is 2. The van der Waals surface area contributed by atoms with Crippen LogP contribution in [0.3, 0.4) is 0 Å². The lowest BCUT2D eigenvalue weighted by Crippen LogP contribution is -2.42. The van der Waals surface area contributed by atoms with E-state index >= 15 is 0 Å². The number of amides is 2. The molecule has 0 heterocycles. The molecular formula is C15H20F2N2O2. The molecule has 2 N–H and O–H groups in total. The lowest BCUT2D eigenvalue weighted by atomic mass is 10.1. The summed E-state index contributed by atoms with van der Waals surface area (Å²) in [6.45, 7) is 1.96. The van der Waals surface area contributed by atoms with Crippen molar-refractivity contribution in [3.8, 4) is 0 Å². The van der Waals surface area contributed by atoms with Gasteiger partial charge in [-0.2, -0.15) is 0 Å². The maximum Gasteiger partial charge on any atom is 0.317 e. The smallest absolute Gasteiger partial charge is 0.317 e. The zero-order valence-electron chi connectivity index (χ0n) is 12.1. The van der Waals surface area contributed by atoms with Crippen molar-refractivity contribution in [2.24, 2.45) is 5.92 Å². The van der Waals surface area contributed by atoms with Crippen LogP contribution in [0.1, 0.15) is 31.4 Å². The second-order valence-corrected chi connectivity index (χ2v) is 5.63. The van der Waals surface area contributed by atoms with Gasteiger partial charge in [0, 0.05) is 13.6 Å².